The van der Waals surface area contributed by atoms with Gasteiger partial charge in [0.1, 0.15) is 5.82 Å². The molecular formula is C18H18F3N7O. The maximum atomic E-state index is 13.0. The van der Waals surface area contributed by atoms with Crippen LogP contribution in [0.2, 0.25) is 0 Å². The number of amides is 1. The molecule has 1 amide bonds. The van der Waals surface area contributed by atoms with E-state index in [1.54, 1.807) is 25.1 Å². The number of hydrogen-bond acceptors (Lipinski definition) is 6. The Balaban J connectivity index is 1.56. The minimum atomic E-state index is -4.63. The summed E-state index contributed by atoms with van der Waals surface area (Å²) in [5, 5.41) is 3.62. The third-order valence-electron chi connectivity index (χ3n) is 4.80. The number of piperazine rings is 1. The molecule has 11 heteroatoms. The maximum Gasteiger partial charge on any atom is 0.453 e. The van der Waals surface area contributed by atoms with E-state index in [-0.39, 0.29) is 5.78 Å². The average molecular weight is 405 g/mol. The fraction of sp³-hybridized carbons (Fsp3) is 0.333. The average Bonchev–Trinajstić information content (AvgIpc) is 3.12. The highest BCUT2D eigenvalue weighted by Crippen LogP contribution is 2.28. The molecule has 0 unspecified atom stereocenters. The zero-order valence-electron chi connectivity index (χ0n) is 15.5. The van der Waals surface area contributed by atoms with Crippen LogP contribution in [-0.2, 0) is 6.18 Å². The first-order valence-electron chi connectivity index (χ1n) is 8.94. The molecule has 0 spiro atoms. The van der Waals surface area contributed by atoms with Crippen LogP contribution in [0.4, 0.5) is 24.7 Å². The molecule has 0 bridgehead atoms. The van der Waals surface area contributed by atoms with Gasteiger partial charge in [0, 0.05) is 49.2 Å². The Morgan fingerprint density at radius 2 is 1.66 bits per heavy atom. The summed E-state index contributed by atoms with van der Waals surface area (Å²) in [5.41, 5.74) is 7.22. The molecule has 1 aliphatic heterocycles. The smallest absolute Gasteiger partial charge is 0.368 e. The molecule has 4 rings (SSSR count). The van der Waals surface area contributed by atoms with Crippen LogP contribution in [0.5, 0.6) is 0 Å². The van der Waals surface area contributed by atoms with Gasteiger partial charge in [-0.15, -0.1) is 5.10 Å². The molecule has 0 saturated carbocycles. The van der Waals surface area contributed by atoms with E-state index in [9.17, 15) is 18.0 Å². The van der Waals surface area contributed by atoms with Crippen molar-refractivity contribution in [2.45, 2.75) is 13.1 Å². The molecule has 2 N–H and O–H groups in total. The van der Waals surface area contributed by atoms with Gasteiger partial charge in [-0.3, -0.25) is 4.79 Å². The number of hydrogen-bond donors (Lipinski definition) is 1. The highest BCUT2D eigenvalue weighted by Gasteiger charge is 2.37. The van der Waals surface area contributed by atoms with Crippen molar-refractivity contribution in [1.82, 2.24) is 19.6 Å². The number of carbonyl (C=O) groups excluding carboxylic acids is 1. The first kappa shape index (κ1) is 19.0. The Labute approximate surface area is 163 Å². The summed E-state index contributed by atoms with van der Waals surface area (Å²) in [5.74, 6) is -1.23. The summed E-state index contributed by atoms with van der Waals surface area (Å²) in [6.45, 7) is 4.18. The molecule has 0 atom stereocenters. The topological polar surface area (TPSA) is 92.7 Å². The van der Waals surface area contributed by atoms with E-state index in [0.717, 1.165) is 10.2 Å². The van der Waals surface area contributed by atoms with E-state index in [1.165, 1.54) is 0 Å². The van der Waals surface area contributed by atoms with Crippen molar-refractivity contribution in [3.63, 3.8) is 0 Å². The van der Waals surface area contributed by atoms with E-state index in [1.807, 2.05) is 17.0 Å². The van der Waals surface area contributed by atoms with Gasteiger partial charge in [-0.05, 0) is 31.2 Å². The number of fused-ring (bicyclic) bond motifs is 1. The molecule has 0 aliphatic carbocycles. The summed E-state index contributed by atoms with van der Waals surface area (Å²) < 4.78 is 40.2. The summed E-state index contributed by atoms with van der Waals surface area (Å²) in [6, 6.07) is 8.72. The van der Waals surface area contributed by atoms with Crippen molar-refractivity contribution in [3.05, 3.63) is 47.4 Å². The molecule has 0 radical (unpaired) electrons. The number of carbonyl (C=O) groups is 1. The Morgan fingerprint density at radius 3 is 2.24 bits per heavy atom. The monoisotopic (exact) mass is 405 g/mol. The number of nitrogens with two attached hydrogens (primary N) is 1. The first-order valence-corrected chi connectivity index (χ1v) is 8.94. The van der Waals surface area contributed by atoms with Crippen LogP contribution in [0, 0.1) is 6.92 Å². The van der Waals surface area contributed by atoms with Crippen LogP contribution >= 0.6 is 0 Å². The maximum absolute atomic E-state index is 13.0. The molecular weight excluding hydrogens is 387 g/mol. The second-order valence-electron chi connectivity index (χ2n) is 6.79. The predicted molar refractivity (Wildman–Crippen MR) is 99.9 cm³/mol. The minimum Gasteiger partial charge on any atom is -0.368 e. The molecule has 1 aliphatic rings. The lowest BCUT2D eigenvalue weighted by Gasteiger charge is -2.37. The number of alkyl halides is 3. The zero-order valence-corrected chi connectivity index (χ0v) is 15.5. The Kier molecular flexibility index (Phi) is 4.52. The fourth-order valence-electron chi connectivity index (χ4n) is 3.34. The molecule has 1 fully saturated rings. The summed E-state index contributed by atoms with van der Waals surface area (Å²) in [6.07, 6.45) is -4.63. The lowest BCUT2D eigenvalue weighted by atomic mass is 10.1. The number of primary amides is 1. The Morgan fingerprint density at radius 1 is 1.03 bits per heavy atom. The largest absolute Gasteiger partial charge is 0.453 e. The van der Waals surface area contributed by atoms with Gasteiger partial charge in [-0.25, -0.2) is 4.98 Å². The van der Waals surface area contributed by atoms with Gasteiger partial charge >= 0.3 is 6.18 Å². The van der Waals surface area contributed by atoms with Crippen molar-refractivity contribution in [2.24, 2.45) is 5.73 Å². The number of aromatic nitrogens is 4. The summed E-state index contributed by atoms with van der Waals surface area (Å²) in [4.78, 5) is 22.9. The Bertz CT molecular complexity index is 1050. The molecule has 3 heterocycles. The molecule has 2 aromatic heterocycles. The lowest BCUT2D eigenvalue weighted by molar-refractivity contribution is -0.144. The van der Waals surface area contributed by atoms with Gasteiger partial charge in [0.15, 0.2) is 0 Å². The second-order valence-corrected chi connectivity index (χ2v) is 6.79. The second kappa shape index (κ2) is 6.90. The van der Waals surface area contributed by atoms with Gasteiger partial charge < -0.3 is 15.5 Å². The molecule has 8 nitrogen and oxygen atoms in total. The normalized spacial score (nSPS) is 15.2. The lowest BCUT2D eigenvalue weighted by Crippen LogP contribution is -2.47. The van der Waals surface area contributed by atoms with Crippen LogP contribution in [0.15, 0.2) is 30.3 Å². The van der Waals surface area contributed by atoms with Gasteiger partial charge in [-0.1, -0.05) is 0 Å². The van der Waals surface area contributed by atoms with Crippen molar-refractivity contribution >= 4 is 23.2 Å². The Hall–Kier alpha value is -3.37. The zero-order chi connectivity index (χ0) is 20.8. The van der Waals surface area contributed by atoms with Crippen LogP contribution < -0.4 is 15.5 Å². The summed E-state index contributed by atoms with van der Waals surface area (Å²) in [7, 11) is 0. The van der Waals surface area contributed by atoms with Gasteiger partial charge in [0.05, 0.1) is 0 Å². The molecule has 3 aromatic rings. The van der Waals surface area contributed by atoms with Crippen molar-refractivity contribution < 1.29 is 18.0 Å². The van der Waals surface area contributed by atoms with Crippen molar-refractivity contribution in [3.8, 4) is 0 Å². The van der Waals surface area contributed by atoms with Gasteiger partial charge in [0.25, 0.3) is 11.6 Å². The number of anilines is 2. The fourth-order valence-corrected chi connectivity index (χ4v) is 3.34. The van der Waals surface area contributed by atoms with E-state index < -0.39 is 17.9 Å². The van der Waals surface area contributed by atoms with Crippen LogP contribution in [0.1, 0.15) is 21.9 Å². The highest BCUT2D eigenvalue weighted by molar-refractivity contribution is 5.93. The quantitative estimate of drug-likeness (QED) is 0.715. The molecule has 1 saturated heterocycles. The number of benzene rings is 1. The van der Waals surface area contributed by atoms with Gasteiger partial charge in [0.2, 0.25) is 5.91 Å². The standard InChI is InChI=1S/C18H18F3N7O/c1-11-10-14(28-17(23-11)24-16(25-28)18(19,20)21)27-8-6-26(7-9-27)13-4-2-12(3-5-13)15(22)29/h2-5,10H,6-9H2,1H3,(H2,22,29). The molecule has 152 valence electrons. The summed E-state index contributed by atoms with van der Waals surface area (Å²) >= 11 is 0. The SMILES string of the molecule is Cc1cc(N2CCN(c3ccc(C(N)=O)cc3)CC2)n2nc(C(F)(F)F)nc2n1. The third kappa shape index (κ3) is 3.67. The number of halogens is 3. The molecule has 1 aromatic carbocycles. The van der Waals surface area contributed by atoms with Crippen LogP contribution in [0.25, 0.3) is 5.78 Å². The van der Waals surface area contributed by atoms with Crippen LogP contribution in [-0.4, -0.2) is 51.7 Å². The third-order valence-corrected chi connectivity index (χ3v) is 4.80. The molecule has 29 heavy (non-hydrogen) atoms. The highest BCUT2D eigenvalue weighted by atomic mass is 19.4. The minimum absolute atomic E-state index is 0.0724. The van der Waals surface area contributed by atoms with Crippen molar-refractivity contribution in [1.29, 1.82) is 0 Å². The predicted octanol–water partition coefficient (Wildman–Crippen LogP) is 1.88. The van der Waals surface area contributed by atoms with E-state index in [2.05, 4.69) is 20.0 Å². The number of aryl methyl sites for hydroxylation is 1. The van der Waals surface area contributed by atoms with E-state index >= 15 is 0 Å². The first-order chi connectivity index (χ1) is 13.7. The van der Waals surface area contributed by atoms with E-state index in [0.29, 0.717) is 43.3 Å². The number of nitrogens with zero attached hydrogens (tertiary/aromatic N) is 6. The van der Waals surface area contributed by atoms with Crippen LogP contribution in [0.3, 0.4) is 0 Å². The van der Waals surface area contributed by atoms with E-state index in [4.69, 9.17) is 5.73 Å². The van der Waals surface area contributed by atoms with Crippen molar-refractivity contribution in [2.75, 3.05) is 36.0 Å². The number of rotatable bonds is 3. The van der Waals surface area contributed by atoms with Gasteiger partial charge in [-0.2, -0.15) is 22.7 Å².